The van der Waals surface area contributed by atoms with E-state index >= 15 is 0 Å². The Hall–Kier alpha value is -3.66. The summed E-state index contributed by atoms with van der Waals surface area (Å²) in [4.78, 5) is 12.6. The van der Waals surface area contributed by atoms with Crippen molar-refractivity contribution in [3.05, 3.63) is 71.3 Å². The summed E-state index contributed by atoms with van der Waals surface area (Å²) in [7, 11) is 0. The van der Waals surface area contributed by atoms with Gasteiger partial charge in [-0.05, 0) is 57.2 Å². The molecular weight excluding hydrogens is 429 g/mol. The topological polar surface area (TPSA) is 104 Å². The van der Waals surface area contributed by atoms with Crippen molar-refractivity contribution in [3.63, 3.8) is 0 Å². The number of rotatable bonds is 6. The molecule has 2 heterocycles. The number of aromatic nitrogens is 5. The van der Waals surface area contributed by atoms with Crippen LogP contribution in [0.5, 0.6) is 0 Å². The zero-order valence-electron chi connectivity index (χ0n) is 17.8. The molecule has 164 valence electrons. The van der Waals surface area contributed by atoms with E-state index in [0.29, 0.717) is 22.2 Å². The predicted molar refractivity (Wildman–Crippen MR) is 123 cm³/mol. The highest BCUT2D eigenvalue weighted by atomic mass is 32.2. The molecule has 10 heteroatoms. The van der Waals surface area contributed by atoms with Crippen molar-refractivity contribution in [2.45, 2.75) is 25.9 Å². The highest BCUT2D eigenvalue weighted by molar-refractivity contribution is 7.99. The van der Waals surface area contributed by atoms with E-state index in [1.807, 2.05) is 49.7 Å². The van der Waals surface area contributed by atoms with E-state index in [9.17, 15) is 9.18 Å². The van der Waals surface area contributed by atoms with Crippen molar-refractivity contribution in [2.75, 3.05) is 16.9 Å². The van der Waals surface area contributed by atoms with Crippen LogP contribution in [0.1, 0.15) is 17.0 Å². The number of aryl methyl sites for hydroxylation is 2. The number of hydrogen-bond donors (Lipinski definition) is 2. The molecule has 1 amide bonds. The van der Waals surface area contributed by atoms with Crippen LogP contribution in [0, 0.1) is 26.6 Å². The molecule has 0 spiro atoms. The second kappa shape index (κ2) is 8.83. The number of nitrogens with one attached hydrogen (secondary N) is 1. The van der Waals surface area contributed by atoms with E-state index in [4.69, 9.17) is 5.84 Å². The minimum absolute atomic E-state index is 0.0906. The molecule has 2 aromatic carbocycles. The fourth-order valence-corrected chi connectivity index (χ4v) is 3.89. The van der Waals surface area contributed by atoms with Crippen molar-refractivity contribution in [1.82, 2.24) is 24.7 Å². The highest BCUT2D eigenvalue weighted by Gasteiger charge is 2.17. The number of anilines is 1. The number of benzene rings is 2. The summed E-state index contributed by atoms with van der Waals surface area (Å²) in [5.74, 6) is 5.99. The molecule has 4 aromatic rings. The number of nitrogen functional groups attached to an aromatic ring is 1. The lowest BCUT2D eigenvalue weighted by Crippen LogP contribution is -2.17. The van der Waals surface area contributed by atoms with E-state index in [-0.39, 0.29) is 17.5 Å². The van der Waals surface area contributed by atoms with Crippen molar-refractivity contribution in [1.29, 1.82) is 0 Å². The first kappa shape index (κ1) is 21.6. The smallest absolute Gasteiger partial charge is 0.234 e. The highest BCUT2D eigenvalue weighted by Crippen LogP contribution is 2.25. The molecule has 4 rings (SSSR count). The fraction of sp³-hybridized carbons (Fsp3) is 0.182. The maximum absolute atomic E-state index is 13.1. The molecule has 2 aromatic heterocycles. The summed E-state index contributed by atoms with van der Waals surface area (Å²) in [6, 6.07) is 13.8. The predicted octanol–water partition coefficient (Wildman–Crippen LogP) is 3.64. The Morgan fingerprint density at radius 3 is 2.44 bits per heavy atom. The lowest BCUT2D eigenvalue weighted by atomic mass is 10.2. The van der Waals surface area contributed by atoms with Crippen LogP contribution < -0.4 is 11.2 Å². The molecular formula is C22H22FN7OS. The Kier molecular flexibility index (Phi) is 5.95. The first-order valence-electron chi connectivity index (χ1n) is 9.86. The van der Waals surface area contributed by atoms with Crippen LogP contribution in [-0.4, -0.2) is 36.3 Å². The molecule has 0 radical (unpaired) electrons. The van der Waals surface area contributed by atoms with Gasteiger partial charge in [0.25, 0.3) is 0 Å². The third-order valence-corrected chi connectivity index (χ3v) is 5.88. The van der Waals surface area contributed by atoms with Gasteiger partial charge in [0.15, 0.2) is 5.82 Å². The number of carbonyl (C=O) groups excluding carboxylic acids is 1. The van der Waals surface area contributed by atoms with Gasteiger partial charge in [-0.2, -0.15) is 5.10 Å². The van der Waals surface area contributed by atoms with Gasteiger partial charge >= 0.3 is 0 Å². The molecule has 0 bridgehead atoms. The average Bonchev–Trinajstić information content (AvgIpc) is 3.28. The van der Waals surface area contributed by atoms with Crippen molar-refractivity contribution in [3.8, 4) is 17.1 Å². The normalized spacial score (nSPS) is 11.0. The van der Waals surface area contributed by atoms with Gasteiger partial charge in [-0.1, -0.05) is 29.5 Å². The van der Waals surface area contributed by atoms with Gasteiger partial charge in [0, 0.05) is 5.56 Å². The minimum atomic E-state index is -0.348. The van der Waals surface area contributed by atoms with Gasteiger partial charge < -0.3 is 11.2 Å². The van der Waals surface area contributed by atoms with Gasteiger partial charge in [0.1, 0.15) is 5.82 Å². The Bertz CT molecular complexity index is 1260. The lowest BCUT2D eigenvalue weighted by molar-refractivity contribution is -0.113. The molecule has 32 heavy (non-hydrogen) atoms. The van der Waals surface area contributed by atoms with Gasteiger partial charge in [0.05, 0.1) is 28.5 Å². The summed E-state index contributed by atoms with van der Waals surface area (Å²) in [5.41, 5.74) is 4.96. The number of nitrogens with two attached hydrogens (primary N) is 1. The second-order valence-corrected chi connectivity index (χ2v) is 8.26. The monoisotopic (exact) mass is 451 g/mol. The number of nitrogens with zero attached hydrogens (tertiary/aromatic N) is 5. The molecule has 0 aliphatic rings. The first-order valence-corrected chi connectivity index (χ1v) is 10.8. The molecule has 8 nitrogen and oxygen atoms in total. The zero-order chi connectivity index (χ0) is 22.8. The quantitative estimate of drug-likeness (QED) is 0.343. The number of thioether (sulfide) groups is 1. The zero-order valence-corrected chi connectivity index (χ0v) is 18.7. The second-order valence-electron chi connectivity index (χ2n) is 7.31. The number of carbonyl (C=O) groups is 1. The van der Waals surface area contributed by atoms with E-state index in [2.05, 4.69) is 20.6 Å². The van der Waals surface area contributed by atoms with Gasteiger partial charge in [-0.3, -0.25) is 4.79 Å². The summed E-state index contributed by atoms with van der Waals surface area (Å²) in [5, 5.41) is 16.0. The average molecular weight is 452 g/mol. The van der Waals surface area contributed by atoms with Crippen LogP contribution >= 0.6 is 11.8 Å². The van der Waals surface area contributed by atoms with Gasteiger partial charge in [0.2, 0.25) is 11.1 Å². The first-order chi connectivity index (χ1) is 15.3. The maximum atomic E-state index is 13.1. The molecule has 0 atom stereocenters. The van der Waals surface area contributed by atoms with Crippen molar-refractivity contribution in [2.24, 2.45) is 0 Å². The van der Waals surface area contributed by atoms with Crippen LogP contribution in [0.2, 0.25) is 0 Å². The third-order valence-electron chi connectivity index (χ3n) is 4.93. The number of halogens is 1. The van der Waals surface area contributed by atoms with Crippen LogP contribution in [0.4, 0.5) is 10.1 Å². The van der Waals surface area contributed by atoms with E-state index < -0.39 is 0 Å². The van der Waals surface area contributed by atoms with Crippen LogP contribution in [0.25, 0.3) is 17.1 Å². The standard InChI is InChI=1S/C22H22FN7OS/c1-13-4-10-18(11-5-13)30-15(3)20(14(2)28-30)25-19(31)12-32-22-27-26-21(29(22)24)16-6-8-17(23)9-7-16/h4-11H,12,24H2,1-3H3,(H,25,31). The molecule has 0 unspecified atom stereocenters. The Balaban J connectivity index is 1.44. The summed E-state index contributed by atoms with van der Waals surface area (Å²) >= 11 is 1.16. The largest absolute Gasteiger partial charge is 0.335 e. The maximum Gasteiger partial charge on any atom is 0.234 e. The van der Waals surface area contributed by atoms with Gasteiger partial charge in [-0.25, -0.2) is 13.7 Å². The number of amides is 1. The molecule has 3 N–H and O–H groups in total. The number of hydrogen-bond acceptors (Lipinski definition) is 6. The Morgan fingerprint density at radius 2 is 1.75 bits per heavy atom. The molecule has 0 aliphatic carbocycles. The van der Waals surface area contributed by atoms with E-state index in [0.717, 1.165) is 34.4 Å². The SMILES string of the molecule is Cc1ccc(-n2nc(C)c(NC(=O)CSc3nnc(-c4ccc(F)cc4)n3N)c2C)cc1. The van der Waals surface area contributed by atoms with Crippen LogP contribution in [-0.2, 0) is 4.79 Å². The minimum Gasteiger partial charge on any atom is -0.335 e. The Labute approximate surface area is 188 Å². The van der Waals surface area contributed by atoms with Crippen LogP contribution in [0.3, 0.4) is 0 Å². The lowest BCUT2D eigenvalue weighted by Gasteiger charge is -2.07. The van der Waals surface area contributed by atoms with E-state index in [1.165, 1.54) is 16.8 Å². The summed E-state index contributed by atoms with van der Waals surface area (Å²) in [6.07, 6.45) is 0. The molecule has 0 saturated carbocycles. The third kappa shape index (κ3) is 4.35. The summed E-state index contributed by atoms with van der Waals surface area (Å²) in [6.45, 7) is 5.79. The van der Waals surface area contributed by atoms with E-state index in [1.54, 1.807) is 12.1 Å². The summed E-state index contributed by atoms with van der Waals surface area (Å²) < 4.78 is 16.2. The molecule has 0 aliphatic heterocycles. The van der Waals surface area contributed by atoms with Crippen molar-refractivity contribution >= 4 is 23.4 Å². The fourth-order valence-electron chi connectivity index (χ4n) is 3.24. The van der Waals surface area contributed by atoms with Crippen LogP contribution in [0.15, 0.2) is 53.7 Å². The van der Waals surface area contributed by atoms with Crippen molar-refractivity contribution < 1.29 is 9.18 Å². The Morgan fingerprint density at radius 1 is 1.06 bits per heavy atom. The molecule has 0 fully saturated rings. The van der Waals surface area contributed by atoms with Gasteiger partial charge in [-0.15, -0.1) is 10.2 Å². The molecule has 0 saturated heterocycles.